The molecule has 0 saturated heterocycles. The van der Waals surface area contributed by atoms with Gasteiger partial charge in [0.2, 0.25) is 0 Å². The Balaban J connectivity index is 3.80. The fraction of sp³-hybridized carbons (Fsp3) is 0.857. The van der Waals surface area contributed by atoms with Gasteiger partial charge in [0.1, 0.15) is 0 Å². The molecule has 0 aromatic carbocycles. The molecule has 1 N–H and O–H groups in total. The van der Waals surface area contributed by atoms with Crippen molar-refractivity contribution in [3.63, 3.8) is 0 Å². The minimum Gasteiger partial charge on any atom is -0.317 e. The number of rotatable bonds is 10. The number of hydrogen-bond acceptors (Lipinski definition) is 1. The van der Waals surface area contributed by atoms with Crippen molar-refractivity contribution in [2.24, 2.45) is 0 Å². The fourth-order valence-corrected chi connectivity index (χ4v) is 6.56. The van der Waals surface area contributed by atoms with Gasteiger partial charge in [0.25, 0.3) is 0 Å². The quantitative estimate of drug-likeness (QED) is 0.455. The first-order valence-electron chi connectivity index (χ1n) is 7.29. The second-order valence-corrected chi connectivity index (χ2v) is 16.5. The maximum Gasteiger partial charge on any atom is 0.0722 e. The van der Waals surface area contributed by atoms with E-state index in [0.29, 0.717) is 0 Å². The average molecular weight is 272 g/mol. The Morgan fingerprint density at radius 1 is 0.941 bits per heavy atom. The lowest BCUT2D eigenvalue weighted by atomic mass is 10.6. The van der Waals surface area contributed by atoms with Gasteiger partial charge in [0, 0.05) is 0 Å². The lowest BCUT2D eigenvalue weighted by Crippen LogP contribution is -2.36. The Morgan fingerprint density at radius 2 is 1.41 bits per heavy atom. The van der Waals surface area contributed by atoms with Crippen LogP contribution in [0.3, 0.4) is 0 Å². The molecule has 0 aromatic rings. The molecule has 0 heterocycles. The first-order chi connectivity index (χ1) is 7.95. The van der Waals surface area contributed by atoms with Crippen LogP contribution in [0.2, 0.25) is 43.3 Å². The third kappa shape index (κ3) is 6.58. The van der Waals surface area contributed by atoms with Gasteiger partial charge in [-0.3, -0.25) is 0 Å². The van der Waals surface area contributed by atoms with Gasteiger partial charge in [-0.25, -0.2) is 0 Å². The van der Waals surface area contributed by atoms with Crippen molar-refractivity contribution in [3.05, 3.63) is 12.3 Å². The summed E-state index contributed by atoms with van der Waals surface area (Å²) in [6.45, 7) is 18.4. The molecule has 0 aromatic heterocycles. The van der Waals surface area contributed by atoms with Crippen LogP contribution in [0.1, 0.15) is 20.8 Å². The summed E-state index contributed by atoms with van der Waals surface area (Å²) in [7, 11) is -1.98. The van der Waals surface area contributed by atoms with Crippen LogP contribution in [-0.4, -0.2) is 29.2 Å². The Kier molecular flexibility index (Phi) is 8.34. The zero-order chi connectivity index (χ0) is 13.4. The first-order valence-corrected chi connectivity index (χ1v) is 13.4. The highest BCUT2D eigenvalue weighted by molar-refractivity contribution is 6.82. The summed E-state index contributed by atoms with van der Waals surface area (Å²) in [5, 5.41) is 3.66. The predicted molar refractivity (Wildman–Crippen MR) is 87.4 cm³/mol. The molecule has 0 bridgehead atoms. The van der Waals surface area contributed by atoms with Crippen molar-refractivity contribution in [1.29, 1.82) is 0 Å². The Bertz CT molecular complexity index is 202. The lowest BCUT2D eigenvalue weighted by Gasteiger charge is -2.28. The number of nitrogens with one attached hydrogen (secondary N) is 1. The van der Waals surface area contributed by atoms with E-state index in [9.17, 15) is 0 Å². The minimum atomic E-state index is -1.09. The van der Waals surface area contributed by atoms with E-state index in [2.05, 4.69) is 51.5 Å². The highest BCUT2D eigenvalue weighted by Gasteiger charge is 2.25. The smallest absolute Gasteiger partial charge is 0.0722 e. The van der Waals surface area contributed by atoms with Crippen molar-refractivity contribution < 1.29 is 0 Å². The summed E-state index contributed by atoms with van der Waals surface area (Å²) in [4.78, 5) is 0. The summed E-state index contributed by atoms with van der Waals surface area (Å²) in [5.41, 5.74) is 2.21. The van der Waals surface area contributed by atoms with Crippen LogP contribution < -0.4 is 5.32 Å². The van der Waals surface area contributed by atoms with E-state index >= 15 is 0 Å². The molecule has 0 spiro atoms. The molecule has 0 amide bonds. The van der Waals surface area contributed by atoms with Gasteiger partial charge in [0.05, 0.1) is 16.1 Å². The molecule has 102 valence electrons. The largest absolute Gasteiger partial charge is 0.317 e. The molecule has 0 fully saturated rings. The summed E-state index contributed by atoms with van der Waals surface area (Å²) < 4.78 is 0. The topological polar surface area (TPSA) is 12.0 Å². The fourth-order valence-electron chi connectivity index (χ4n) is 2.27. The molecule has 0 atom stereocenters. The standard InChI is InChI=1S/C14H33NSi2/c1-7-16(5,6)13-11-15-12-14-17(8-2,9-3)10-4/h7,15H,1,8-14H2,2-6H3. The monoisotopic (exact) mass is 271 g/mol. The van der Waals surface area contributed by atoms with Gasteiger partial charge in [-0.2, -0.15) is 0 Å². The van der Waals surface area contributed by atoms with Crippen LogP contribution in [0.25, 0.3) is 0 Å². The Labute approximate surface area is 111 Å². The van der Waals surface area contributed by atoms with E-state index < -0.39 is 16.1 Å². The van der Waals surface area contributed by atoms with Crippen molar-refractivity contribution in [1.82, 2.24) is 5.32 Å². The van der Waals surface area contributed by atoms with Crippen molar-refractivity contribution in [2.45, 2.75) is 64.1 Å². The maximum absolute atomic E-state index is 3.95. The highest BCUT2D eigenvalue weighted by Crippen LogP contribution is 2.24. The van der Waals surface area contributed by atoms with E-state index in [1.54, 1.807) is 0 Å². The minimum absolute atomic E-state index is 0.893. The molecule has 0 unspecified atom stereocenters. The molecular weight excluding hydrogens is 238 g/mol. The zero-order valence-corrected chi connectivity index (χ0v) is 14.7. The van der Waals surface area contributed by atoms with Crippen molar-refractivity contribution >= 4 is 16.1 Å². The summed E-state index contributed by atoms with van der Waals surface area (Å²) in [6.07, 6.45) is 0. The third-order valence-corrected chi connectivity index (χ3v) is 13.0. The molecular formula is C14H33NSi2. The first kappa shape index (κ1) is 17.1. The van der Waals surface area contributed by atoms with Crippen LogP contribution in [-0.2, 0) is 0 Å². The second kappa shape index (κ2) is 8.27. The number of hydrogen-bond donors (Lipinski definition) is 1. The van der Waals surface area contributed by atoms with Crippen molar-refractivity contribution in [3.8, 4) is 0 Å². The van der Waals surface area contributed by atoms with Gasteiger partial charge >= 0.3 is 0 Å². The van der Waals surface area contributed by atoms with Crippen LogP contribution >= 0.6 is 0 Å². The summed E-state index contributed by atoms with van der Waals surface area (Å²) >= 11 is 0. The summed E-state index contributed by atoms with van der Waals surface area (Å²) in [6, 6.07) is 7.15. The highest BCUT2D eigenvalue weighted by atomic mass is 28.3. The molecule has 0 saturated carbocycles. The third-order valence-electron chi connectivity index (χ3n) is 4.58. The average Bonchev–Trinajstić information content (AvgIpc) is 2.34. The maximum atomic E-state index is 3.95. The predicted octanol–water partition coefficient (Wildman–Crippen LogP) is 4.52. The van der Waals surface area contributed by atoms with E-state index in [1.807, 2.05) is 0 Å². The van der Waals surface area contributed by atoms with Crippen LogP contribution in [0, 0.1) is 0 Å². The molecule has 0 aliphatic heterocycles. The molecule has 0 aliphatic carbocycles. The van der Waals surface area contributed by atoms with E-state index in [0.717, 1.165) is 0 Å². The molecule has 3 heteroatoms. The SMILES string of the molecule is C=C[Si](C)(C)CCNCC[Si](CC)(CC)CC. The van der Waals surface area contributed by atoms with Gasteiger partial charge in [-0.1, -0.05) is 52.0 Å². The lowest BCUT2D eigenvalue weighted by molar-refractivity contribution is 0.744. The Hall–Kier alpha value is 0.134. The Morgan fingerprint density at radius 3 is 1.82 bits per heavy atom. The van der Waals surface area contributed by atoms with Gasteiger partial charge < -0.3 is 5.32 Å². The van der Waals surface area contributed by atoms with Crippen LogP contribution in [0.5, 0.6) is 0 Å². The molecule has 17 heavy (non-hydrogen) atoms. The molecule has 0 radical (unpaired) electrons. The van der Waals surface area contributed by atoms with Crippen molar-refractivity contribution in [2.75, 3.05) is 13.1 Å². The normalized spacial score (nSPS) is 12.8. The summed E-state index contributed by atoms with van der Waals surface area (Å²) in [5.74, 6) is 0. The molecule has 0 aliphatic rings. The van der Waals surface area contributed by atoms with Gasteiger partial charge in [-0.15, -0.1) is 12.3 Å². The molecule has 0 rings (SSSR count). The van der Waals surface area contributed by atoms with Gasteiger partial charge in [-0.05, 0) is 25.2 Å². The van der Waals surface area contributed by atoms with Gasteiger partial charge in [0.15, 0.2) is 0 Å². The van der Waals surface area contributed by atoms with Crippen LogP contribution in [0.4, 0.5) is 0 Å². The van der Waals surface area contributed by atoms with E-state index in [-0.39, 0.29) is 0 Å². The molecule has 1 nitrogen and oxygen atoms in total. The second-order valence-electron chi connectivity index (χ2n) is 6.00. The zero-order valence-electron chi connectivity index (χ0n) is 12.7. The van der Waals surface area contributed by atoms with Crippen LogP contribution in [0.15, 0.2) is 12.3 Å². The van der Waals surface area contributed by atoms with E-state index in [4.69, 9.17) is 0 Å². The van der Waals surface area contributed by atoms with E-state index in [1.165, 1.54) is 43.3 Å².